The summed E-state index contributed by atoms with van der Waals surface area (Å²) in [6, 6.07) is 13.3. The Morgan fingerprint density at radius 2 is 2.05 bits per heavy atom. The lowest BCUT2D eigenvalue weighted by Gasteiger charge is -2.08. The third-order valence-electron chi connectivity index (χ3n) is 3.33. The number of aromatic amines is 1. The van der Waals surface area contributed by atoms with Gasteiger partial charge >= 0.3 is 5.97 Å². The van der Waals surface area contributed by atoms with Gasteiger partial charge in [-0.2, -0.15) is 5.10 Å². The second-order valence-corrected chi connectivity index (χ2v) is 4.68. The average molecular weight is 281 g/mol. The molecule has 0 saturated carbocycles. The maximum absolute atomic E-state index is 11.4. The molecule has 3 rings (SSSR count). The van der Waals surface area contributed by atoms with E-state index in [1.807, 2.05) is 30.3 Å². The van der Waals surface area contributed by atoms with Gasteiger partial charge in [0.1, 0.15) is 0 Å². The number of aromatic nitrogens is 2. The standard InChI is InChI=1S/C16H15N3O2/c1-21-16(20)12-7-5-11(6-8-12)9-17-14-4-2-3-13-10-18-19-15(13)14/h2-8,10,17H,9H2,1H3,(H,18,19). The summed E-state index contributed by atoms with van der Waals surface area (Å²) < 4.78 is 4.68. The Balaban J connectivity index is 1.73. The number of fused-ring (bicyclic) bond motifs is 1. The van der Waals surface area contributed by atoms with Gasteiger partial charge in [0.25, 0.3) is 0 Å². The van der Waals surface area contributed by atoms with E-state index in [4.69, 9.17) is 0 Å². The zero-order valence-corrected chi connectivity index (χ0v) is 11.6. The van der Waals surface area contributed by atoms with Gasteiger partial charge in [0.05, 0.1) is 30.1 Å². The number of para-hydroxylation sites is 1. The number of methoxy groups -OCH3 is 1. The number of H-pyrrole nitrogens is 1. The lowest BCUT2D eigenvalue weighted by molar-refractivity contribution is 0.0600. The fourth-order valence-electron chi connectivity index (χ4n) is 2.19. The largest absolute Gasteiger partial charge is 0.465 e. The molecule has 0 fully saturated rings. The molecule has 21 heavy (non-hydrogen) atoms. The number of benzene rings is 2. The summed E-state index contributed by atoms with van der Waals surface area (Å²) in [5, 5.41) is 11.5. The smallest absolute Gasteiger partial charge is 0.337 e. The highest BCUT2D eigenvalue weighted by Gasteiger charge is 2.05. The van der Waals surface area contributed by atoms with E-state index in [1.165, 1.54) is 7.11 Å². The molecule has 1 heterocycles. The maximum Gasteiger partial charge on any atom is 0.337 e. The van der Waals surface area contributed by atoms with Gasteiger partial charge in [-0.25, -0.2) is 4.79 Å². The first-order chi connectivity index (χ1) is 10.3. The van der Waals surface area contributed by atoms with Crippen molar-refractivity contribution in [2.75, 3.05) is 12.4 Å². The van der Waals surface area contributed by atoms with Crippen molar-refractivity contribution in [2.45, 2.75) is 6.54 Å². The summed E-state index contributed by atoms with van der Waals surface area (Å²) in [6.45, 7) is 0.666. The van der Waals surface area contributed by atoms with E-state index in [1.54, 1.807) is 18.3 Å². The molecule has 0 saturated heterocycles. The van der Waals surface area contributed by atoms with Crippen LogP contribution < -0.4 is 5.32 Å². The second kappa shape index (κ2) is 5.66. The number of esters is 1. The molecule has 5 heteroatoms. The van der Waals surface area contributed by atoms with Crippen molar-refractivity contribution in [3.8, 4) is 0 Å². The first-order valence-corrected chi connectivity index (χ1v) is 6.61. The minimum Gasteiger partial charge on any atom is -0.465 e. The third kappa shape index (κ3) is 2.72. The molecule has 0 unspecified atom stereocenters. The minimum absolute atomic E-state index is 0.322. The molecule has 0 radical (unpaired) electrons. The van der Waals surface area contributed by atoms with Crippen LogP contribution in [0.15, 0.2) is 48.7 Å². The highest BCUT2D eigenvalue weighted by atomic mass is 16.5. The number of hydrogen-bond acceptors (Lipinski definition) is 4. The molecular formula is C16H15N3O2. The molecular weight excluding hydrogens is 266 g/mol. The molecule has 0 aliphatic carbocycles. The van der Waals surface area contributed by atoms with E-state index < -0.39 is 0 Å². The predicted octanol–water partition coefficient (Wildman–Crippen LogP) is 2.96. The normalized spacial score (nSPS) is 10.5. The highest BCUT2D eigenvalue weighted by molar-refractivity contribution is 5.90. The SMILES string of the molecule is COC(=O)c1ccc(CNc2cccc3cn[nH]c23)cc1. The summed E-state index contributed by atoms with van der Waals surface area (Å²) >= 11 is 0. The van der Waals surface area contributed by atoms with E-state index >= 15 is 0 Å². The Kier molecular flexibility index (Phi) is 3.55. The molecule has 0 spiro atoms. The second-order valence-electron chi connectivity index (χ2n) is 4.68. The van der Waals surface area contributed by atoms with Gasteiger partial charge in [-0.15, -0.1) is 0 Å². The summed E-state index contributed by atoms with van der Waals surface area (Å²) in [5.74, 6) is -0.322. The monoisotopic (exact) mass is 281 g/mol. The molecule has 3 aromatic rings. The number of nitrogens with one attached hydrogen (secondary N) is 2. The van der Waals surface area contributed by atoms with Crippen LogP contribution in [-0.4, -0.2) is 23.3 Å². The van der Waals surface area contributed by atoms with Crippen LogP contribution in [0.2, 0.25) is 0 Å². The van der Waals surface area contributed by atoms with Crippen molar-refractivity contribution in [1.29, 1.82) is 0 Å². The van der Waals surface area contributed by atoms with E-state index in [9.17, 15) is 4.79 Å². The van der Waals surface area contributed by atoms with Gasteiger partial charge in [-0.05, 0) is 23.8 Å². The van der Waals surface area contributed by atoms with E-state index in [2.05, 4.69) is 20.3 Å². The maximum atomic E-state index is 11.4. The predicted molar refractivity (Wildman–Crippen MR) is 81.2 cm³/mol. The summed E-state index contributed by atoms with van der Waals surface area (Å²) in [7, 11) is 1.38. The fraction of sp³-hybridized carbons (Fsp3) is 0.125. The van der Waals surface area contributed by atoms with Crippen molar-refractivity contribution in [1.82, 2.24) is 10.2 Å². The summed E-state index contributed by atoms with van der Waals surface area (Å²) in [4.78, 5) is 11.4. The third-order valence-corrected chi connectivity index (χ3v) is 3.33. The van der Waals surface area contributed by atoms with Gasteiger partial charge < -0.3 is 10.1 Å². The number of nitrogens with zero attached hydrogens (tertiary/aromatic N) is 1. The van der Waals surface area contributed by atoms with Crippen LogP contribution >= 0.6 is 0 Å². The van der Waals surface area contributed by atoms with Crippen molar-refractivity contribution in [3.05, 3.63) is 59.8 Å². The van der Waals surface area contributed by atoms with Gasteiger partial charge in [-0.3, -0.25) is 5.10 Å². The van der Waals surface area contributed by atoms with Gasteiger partial charge in [0.15, 0.2) is 0 Å². The Hall–Kier alpha value is -2.82. The topological polar surface area (TPSA) is 67.0 Å². The number of ether oxygens (including phenoxy) is 1. The molecule has 0 aliphatic heterocycles. The summed E-state index contributed by atoms with van der Waals surface area (Å²) in [6.07, 6.45) is 1.80. The average Bonchev–Trinajstić information content (AvgIpc) is 3.02. The fourth-order valence-corrected chi connectivity index (χ4v) is 2.19. The molecule has 0 bridgehead atoms. The molecule has 2 aromatic carbocycles. The van der Waals surface area contributed by atoms with Crippen LogP contribution in [0.4, 0.5) is 5.69 Å². The van der Waals surface area contributed by atoms with Crippen LogP contribution in [0.25, 0.3) is 10.9 Å². The molecule has 0 aliphatic rings. The van der Waals surface area contributed by atoms with Crippen LogP contribution in [0.3, 0.4) is 0 Å². The van der Waals surface area contributed by atoms with Crippen LogP contribution in [0.5, 0.6) is 0 Å². The lowest BCUT2D eigenvalue weighted by Crippen LogP contribution is -2.03. The van der Waals surface area contributed by atoms with Crippen LogP contribution in [0, 0.1) is 0 Å². The van der Waals surface area contributed by atoms with E-state index in [-0.39, 0.29) is 5.97 Å². The van der Waals surface area contributed by atoms with Gasteiger partial charge in [0.2, 0.25) is 0 Å². The first-order valence-electron chi connectivity index (χ1n) is 6.61. The van der Waals surface area contributed by atoms with Crippen molar-refractivity contribution in [3.63, 3.8) is 0 Å². The lowest BCUT2D eigenvalue weighted by atomic mass is 10.1. The number of anilines is 1. The summed E-state index contributed by atoms with van der Waals surface area (Å²) in [5.41, 5.74) is 3.63. The first kappa shape index (κ1) is 13.2. The molecule has 0 atom stereocenters. The highest BCUT2D eigenvalue weighted by Crippen LogP contribution is 2.21. The van der Waals surface area contributed by atoms with Gasteiger partial charge in [-0.1, -0.05) is 24.3 Å². The molecule has 5 nitrogen and oxygen atoms in total. The van der Waals surface area contributed by atoms with E-state index in [0.717, 1.165) is 22.2 Å². The number of carbonyl (C=O) groups is 1. The Labute approximate surface area is 121 Å². The minimum atomic E-state index is -0.322. The van der Waals surface area contributed by atoms with E-state index in [0.29, 0.717) is 12.1 Å². The zero-order chi connectivity index (χ0) is 14.7. The van der Waals surface area contributed by atoms with Crippen molar-refractivity contribution >= 4 is 22.6 Å². The Morgan fingerprint density at radius 1 is 1.24 bits per heavy atom. The number of carbonyl (C=O) groups excluding carboxylic acids is 1. The molecule has 106 valence electrons. The Morgan fingerprint density at radius 3 is 2.81 bits per heavy atom. The number of rotatable bonds is 4. The number of hydrogen-bond donors (Lipinski definition) is 2. The molecule has 1 aromatic heterocycles. The molecule has 2 N–H and O–H groups in total. The zero-order valence-electron chi connectivity index (χ0n) is 11.6. The molecule has 0 amide bonds. The van der Waals surface area contributed by atoms with Crippen LogP contribution in [0.1, 0.15) is 15.9 Å². The van der Waals surface area contributed by atoms with Crippen LogP contribution in [-0.2, 0) is 11.3 Å². The van der Waals surface area contributed by atoms with Gasteiger partial charge in [0, 0.05) is 11.9 Å². The quantitative estimate of drug-likeness (QED) is 0.721. The van der Waals surface area contributed by atoms with Crippen molar-refractivity contribution in [2.24, 2.45) is 0 Å². The van der Waals surface area contributed by atoms with Crippen molar-refractivity contribution < 1.29 is 9.53 Å². The Bertz CT molecular complexity index is 763.